The van der Waals surface area contributed by atoms with E-state index in [2.05, 4.69) is 12.2 Å². The summed E-state index contributed by atoms with van der Waals surface area (Å²) >= 11 is 0. The summed E-state index contributed by atoms with van der Waals surface area (Å²) in [7, 11) is -3.78. The number of nitrogens with two attached hydrogens (primary N) is 2. The third-order valence-electron chi connectivity index (χ3n) is 3.94. The summed E-state index contributed by atoms with van der Waals surface area (Å²) in [5, 5.41) is 7.77. The monoisotopic (exact) mass is 362 g/mol. The predicted molar refractivity (Wildman–Crippen MR) is 91.9 cm³/mol. The Morgan fingerprint density at radius 2 is 2.13 bits per heavy atom. The van der Waals surface area contributed by atoms with Crippen LogP contribution in [0.5, 0.6) is 0 Å². The molecule has 1 atom stereocenters. The van der Waals surface area contributed by atoms with Gasteiger partial charge in [-0.15, -0.1) is 12.4 Å². The molecule has 1 aromatic carbocycles. The van der Waals surface area contributed by atoms with E-state index in [0.717, 1.165) is 19.5 Å². The lowest BCUT2D eigenvalue weighted by molar-refractivity contribution is -0.117. The molecule has 7 nitrogen and oxygen atoms in total. The summed E-state index contributed by atoms with van der Waals surface area (Å²) in [5.74, 6) is -0.187. The zero-order chi connectivity index (χ0) is 16.4. The number of hydrogen-bond acceptors (Lipinski definition) is 5. The van der Waals surface area contributed by atoms with Crippen molar-refractivity contribution in [1.29, 1.82) is 0 Å². The average Bonchev–Trinajstić information content (AvgIpc) is 2.80. The number of nitrogens with one attached hydrogen (secondary N) is 1. The molecule has 9 heteroatoms. The van der Waals surface area contributed by atoms with Crippen LogP contribution in [0.3, 0.4) is 0 Å². The van der Waals surface area contributed by atoms with Gasteiger partial charge in [0.1, 0.15) is 0 Å². The van der Waals surface area contributed by atoms with Crippen LogP contribution in [0.1, 0.15) is 13.3 Å². The molecule has 1 aromatic rings. The molecule has 0 aliphatic carbocycles. The van der Waals surface area contributed by atoms with Crippen LogP contribution >= 0.6 is 12.4 Å². The van der Waals surface area contributed by atoms with Crippen LogP contribution in [-0.4, -0.2) is 45.4 Å². The number of amides is 1. The van der Waals surface area contributed by atoms with Crippen molar-refractivity contribution in [1.82, 2.24) is 4.90 Å². The molecule has 0 bridgehead atoms. The van der Waals surface area contributed by atoms with Gasteiger partial charge in [-0.3, -0.25) is 9.69 Å². The zero-order valence-electron chi connectivity index (χ0n) is 13.0. The highest BCUT2D eigenvalue weighted by Crippen LogP contribution is 2.28. The normalized spacial score (nSPS) is 21.7. The number of carbonyl (C=O) groups is 1. The molecule has 1 fully saturated rings. The van der Waals surface area contributed by atoms with Gasteiger partial charge < -0.3 is 11.1 Å². The van der Waals surface area contributed by atoms with Gasteiger partial charge in [-0.2, -0.15) is 0 Å². The van der Waals surface area contributed by atoms with Gasteiger partial charge in [-0.1, -0.05) is 13.0 Å². The highest BCUT2D eigenvalue weighted by molar-refractivity contribution is 7.89. The Kier molecular flexibility index (Phi) is 6.55. The Balaban J connectivity index is 0.00000264. The first kappa shape index (κ1) is 19.9. The first-order chi connectivity index (χ1) is 10.2. The van der Waals surface area contributed by atoms with Gasteiger partial charge in [0.25, 0.3) is 0 Å². The van der Waals surface area contributed by atoms with Crippen LogP contribution in [0, 0.1) is 5.41 Å². The summed E-state index contributed by atoms with van der Waals surface area (Å²) in [4.78, 5) is 14.1. The van der Waals surface area contributed by atoms with Gasteiger partial charge in [-0.05, 0) is 43.1 Å². The Morgan fingerprint density at radius 1 is 1.43 bits per heavy atom. The van der Waals surface area contributed by atoms with E-state index in [1.54, 1.807) is 6.07 Å². The third kappa shape index (κ3) is 5.43. The Hall–Kier alpha value is -1.19. The van der Waals surface area contributed by atoms with Crippen LogP contribution in [0.2, 0.25) is 0 Å². The Bertz CT molecular complexity index is 668. The molecular weight excluding hydrogens is 340 g/mol. The fourth-order valence-corrected chi connectivity index (χ4v) is 3.14. The molecular formula is C14H23ClN4O3S. The lowest BCUT2D eigenvalue weighted by Gasteiger charge is -2.22. The average molecular weight is 363 g/mol. The van der Waals surface area contributed by atoms with E-state index in [1.807, 2.05) is 4.90 Å². The molecule has 5 N–H and O–H groups in total. The van der Waals surface area contributed by atoms with E-state index in [9.17, 15) is 13.2 Å². The molecule has 23 heavy (non-hydrogen) atoms. The third-order valence-corrected chi connectivity index (χ3v) is 4.85. The van der Waals surface area contributed by atoms with Crippen molar-refractivity contribution in [3.8, 4) is 0 Å². The van der Waals surface area contributed by atoms with Gasteiger partial charge in [0.05, 0.1) is 11.4 Å². The second kappa shape index (κ2) is 7.59. The van der Waals surface area contributed by atoms with E-state index < -0.39 is 10.0 Å². The van der Waals surface area contributed by atoms with Crippen LogP contribution < -0.4 is 16.2 Å². The van der Waals surface area contributed by atoms with E-state index >= 15 is 0 Å². The number of primary sulfonamides is 1. The number of hydrogen-bond donors (Lipinski definition) is 3. The first-order valence-corrected chi connectivity index (χ1v) is 8.62. The number of nitrogens with zero attached hydrogens (tertiary/aromatic N) is 1. The summed E-state index contributed by atoms with van der Waals surface area (Å²) in [6.07, 6.45) is 0.970. The van der Waals surface area contributed by atoms with Crippen LogP contribution in [0.25, 0.3) is 0 Å². The summed E-state index contributed by atoms with van der Waals surface area (Å²) < 4.78 is 22.6. The largest absolute Gasteiger partial charge is 0.330 e. The maximum atomic E-state index is 12.1. The molecule has 1 heterocycles. The van der Waals surface area contributed by atoms with Crippen molar-refractivity contribution in [3.63, 3.8) is 0 Å². The molecule has 2 rings (SSSR count). The molecule has 1 aliphatic rings. The number of carbonyl (C=O) groups excluding carboxylic acids is 1. The minimum atomic E-state index is -3.78. The SMILES string of the molecule is CC1(CN)CCN(CC(=O)Nc2cccc(S(N)(=O)=O)c2)C1.Cl. The van der Waals surface area contributed by atoms with Crippen LogP contribution in [-0.2, 0) is 14.8 Å². The van der Waals surface area contributed by atoms with E-state index in [-0.39, 0.29) is 35.2 Å². The number of anilines is 1. The van der Waals surface area contributed by atoms with Crippen LogP contribution in [0.4, 0.5) is 5.69 Å². The molecule has 1 unspecified atom stereocenters. The summed E-state index contributed by atoms with van der Waals surface area (Å²) in [5.41, 5.74) is 6.22. The van der Waals surface area contributed by atoms with E-state index in [0.29, 0.717) is 12.2 Å². The molecule has 1 saturated heterocycles. The molecule has 0 saturated carbocycles. The predicted octanol–water partition coefficient (Wildman–Crippen LogP) is 0.365. The van der Waals surface area contributed by atoms with Crippen molar-refractivity contribution < 1.29 is 13.2 Å². The van der Waals surface area contributed by atoms with Gasteiger partial charge in [0, 0.05) is 12.2 Å². The highest BCUT2D eigenvalue weighted by atomic mass is 35.5. The molecule has 0 spiro atoms. The van der Waals surface area contributed by atoms with E-state index in [1.165, 1.54) is 18.2 Å². The standard InChI is InChI=1S/C14H22N4O3S.ClH/c1-14(9-15)5-6-18(10-14)8-13(19)17-11-3-2-4-12(7-11)22(16,20)21;/h2-4,7H,5-6,8-10,15H2,1H3,(H,17,19)(H2,16,20,21);1H. The van der Waals surface area contributed by atoms with Crippen LogP contribution in [0.15, 0.2) is 29.2 Å². The topological polar surface area (TPSA) is 119 Å². The maximum Gasteiger partial charge on any atom is 0.238 e. The van der Waals surface area contributed by atoms with Gasteiger partial charge in [-0.25, -0.2) is 13.6 Å². The quantitative estimate of drug-likeness (QED) is 0.699. The summed E-state index contributed by atoms with van der Waals surface area (Å²) in [6.45, 7) is 4.59. The molecule has 0 aromatic heterocycles. The van der Waals surface area contributed by atoms with Crippen molar-refractivity contribution in [2.45, 2.75) is 18.2 Å². The number of sulfonamides is 1. The summed E-state index contributed by atoms with van der Waals surface area (Å²) in [6, 6.07) is 5.90. The number of rotatable bonds is 5. The second-order valence-electron chi connectivity index (χ2n) is 6.10. The molecule has 130 valence electrons. The van der Waals surface area contributed by atoms with Gasteiger partial charge in [0.15, 0.2) is 0 Å². The number of halogens is 1. The van der Waals surface area contributed by atoms with Crippen molar-refractivity contribution in [2.75, 3.05) is 31.5 Å². The fraction of sp³-hybridized carbons (Fsp3) is 0.500. The second-order valence-corrected chi connectivity index (χ2v) is 7.66. The number of likely N-dealkylation sites (tertiary alicyclic amines) is 1. The Labute approximate surface area is 142 Å². The smallest absolute Gasteiger partial charge is 0.238 e. The van der Waals surface area contributed by atoms with Crippen molar-refractivity contribution in [3.05, 3.63) is 24.3 Å². The van der Waals surface area contributed by atoms with Gasteiger partial charge in [0.2, 0.25) is 15.9 Å². The lowest BCUT2D eigenvalue weighted by atomic mass is 9.90. The van der Waals surface area contributed by atoms with E-state index in [4.69, 9.17) is 10.9 Å². The first-order valence-electron chi connectivity index (χ1n) is 7.07. The minimum absolute atomic E-state index is 0. The van der Waals surface area contributed by atoms with Crippen molar-refractivity contribution >= 4 is 34.0 Å². The Morgan fingerprint density at radius 3 is 2.70 bits per heavy atom. The molecule has 0 radical (unpaired) electrons. The van der Waals surface area contributed by atoms with Crippen molar-refractivity contribution in [2.24, 2.45) is 16.3 Å². The lowest BCUT2D eigenvalue weighted by Crippen LogP contribution is -2.35. The number of benzene rings is 1. The highest BCUT2D eigenvalue weighted by Gasteiger charge is 2.33. The minimum Gasteiger partial charge on any atom is -0.330 e. The maximum absolute atomic E-state index is 12.1. The van der Waals surface area contributed by atoms with Gasteiger partial charge >= 0.3 is 0 Å². The fourth-order valence-electron chi connectivity index (χ4n) is 2.58. The molecule has 1 amide bonds. The molecule has 1 aliphatic heterocycles. The zero-order valence-corrected chi connectivity index (χ0v) is 14.6.